The number of guanidine groups is 1. The van der Waals surface area contributed by atoms with Crippen LogP contribution in [-0.4, -0.2) is 25.7 Å². The SMILES string of the molecule is CN=C(NC1CCOc2ccccc21)NC1CC1c1c(F)cccc1F. The fraction of sp³-hybridized carbons (Fsp3) is 0.350. The Morgan fingerprint density at radius 1 is 1.08 bits per heavy atom. The first-order valence-electron chi connectivity index (χ1n) is 8.83. The molecule has 3 atom stereocenters. The maximum atomic E-state index is 13.9. The molecule has 0 amide bonds. The molecule has 4 nitrogen and oxygen atoms in total. The summed E-state index contributed by atoms with van der Waals surface area (Å²) in [6.45, 7) is 0.637. The third-order valence-electron chi connectivity index (χ3n) is 4.98. The Kier molecular flexibility index (Phi) is 4.49. The van der Waals surface area contributed by atoms with Crippen LogP contribution in [0.5, 0.6) is 5.75 Å². The quantitative estimate of drug-likeness (QED) is 0.653. The molecule has 26 heavy (non-hydrogen) atoms. The Balaban J connectivity index is 1.43. The highest BCUT2D eigenvalue weighted by Gasteiger charge is 2.42. The predicted octanol–water partition coefficient (Wildman–Crippen LogP) is 3.51. The van der Waals surface area contributed by atoms with Crippen molar-refractivity contribution in [2.45, 2.75) is 30.8 Å². The lowest BCUT2D eigenvalue weighted by Crippen LogP contribution is -2.42. The largest absolute Gasteiger partial charge is 0.493 e. The average Bonchev–Trinajstić information content (AvgIpc) is 3.40. The van der Waals surface area contributed by atoms with Gasteiger partial charge in [-0.05, 0) is 24.6 Å². The molecule has 1 fully saturated rings. The molecule has 2 N–H and O–H groups in total. The lowest BCUT2D eigenvalue weighted by molar-refractivity contribution is 0.261. The molecule has 2 aromatic carbocycles. The maximum Gasteiger partial charge on any atom is 0.191 e. The van der Waals surface area contributed by atoms with Gasteiger partial charge in [0.1, 0.15) is 17.4 Å². The van der Waals surface area contributed by atoms with Crippen LogP contribution in [0.25, 0.3) is 0 Å². The number of rotatable bonds is 3. The van der Waals surface area contributed by atoms with Crippen molar-refractivity contribution >= 4 is 5.96 Å². The number of benzene rings is 2. The first-order chi connectivity index (χ1) is 12.7. The normalized spacial score (nSPS) is 24.4. The van der Waals surface area contributed by atoms with E-state index in [4.69, 9.17) is 4.74 Å². The Labute approximate surface area is 151 Å². The zero-order chi connectivity index (χ0) is 18.1. The van der Waals surface area contributed by atoms with Crippen LogP contribution >= 0.6 is 0 Å². The van der Waals surface area contributed by atoms with Crippen LogP contribution in [0, 0.1) is 11.6 Å². The Hall–Kier alpha value is -2.63. The molecule has 1 heterocycles. The lowest BCUT2D eigenvalue weighted by Gasteiger charge is -2.28. The molecule has 0 aromatic heterocycles. The minimum atomic E-state index is -0.486. The molecule has 3 unspecified atom stereocenters. The molecule has 0 spiro atoms. The van der Waals surface area contributed by atoms with Crippen molar-refractivity contribution in [3.05, 3.63) is 65.2 Å². The van der Waals surface area contributed by atoms with Crippen molar-refractivity contribution in [1.82, 2.24) is 10.6 Å². The van der Waals surface area contributed by atoms with Gasteiger partial charge in [0.25, 0.3) is 0 Å². The molecule has 2 aliphatic rings. The molecular formula is C20H21F2N3O. The zero-order valence-electron chi connectivity index (χ0n) is 14.5. The summed E-state index contributed by atoms with van der Waals surface area (Å²) >= 11 is 0. The molecular weight excluding hydrogens is 336 g/mol. The van der Waals surface area contributed by atoms with Gasteiger partial charge in [-0.2, -0.15) is 0 Å². The Bertz CT molecular complexity index is 819. The summed E-state index contributed by atoms with van der Waals surface area (Å²) in [6.07, 6.45) is 1.51. The number of halogens is 2. The second-order valence-electron chi connectivity index (χ2n) is 6.67. The maximum absolute atomic E-state index is 13.9. The van der Waals surface area contributed by atoms with Crippen molar-refractivity contribution in [3.8, 4) is 5.75 Å². The summed E-state index contributed by atoms with van der Waals surface area (Å²) in [5.41, 5.74) is 1.26. The fourth-order valence-electron chi connectivity index (χ4n) is 3.54. The smallest absolute Gasteiger partial charge is 0.191 e. The molecule has 0 radical (unpaired) electrons. The van der Waals surface area contributed by atoms with Crippen LogP contribution in [-0.2, 0) is 0 Å². The van der Waals surface area contributed by atoms with Gasteiger partial charge < -0.3 is 15.4 Å². The number of para-hydroxylation sites is 1. The van der Waals surface area contributed by atoms with Gasteiger partial charge in [0.15, 0.2) is 5.96 Å². The highest BCUT2D eigenvalue weighted by atomic mass is 19.1. The van der Waals surface area contributed by atoms with Gasteiger partial charge in [-0.25, -0.2) is 8.78 Å². The van der Waals surface area contributed by atoms with Crippen molar-refractivity contribution in [1.29, 1.82) is 0 Å². The monoisotopic (exact) mass is 357 g/mol. The van der Waals surface area contributed by atoms with E-state index in [1.807, 2.05) is 24.3 Å². The van der Waals surface area contributed by atoms with Crippen molar-refractivity contribution < 1.29 is 13.5 Å². The van der Waals surface area contributed by atoms with Crippen LogP contribution in [0.4, 0.5) is 8.78 Å². The van der Waals surface area contributed by atoms with E-state index < -0.39 is 11.6 Å². The number of hydrogen-bond donors (Lipinski definition) is 2. The third kappa shape index (κ3) is 3.23. The molecule has 1 saturated carbocycles. The van der Waals surface area contributed by atoms with Gasteiger partial charge in [0.05, 0.1) is 12.6 Å². The summed E-state index contributed by atoms with van der Waals surface area (Å²) in [4.78, 5) is 4.27. The molecule has 6 heteroatoms. The molecule has 0 saturated heterocycles. The molecule has 1 aliphatic heterocycles. The predicted molar refractivity (Wildman–Crippen MR) is 96.4 cm³/mol. The molecule has 4 rings (SSSR count). The zero-order valence-corrected chi connectivity index (χ0v) is 14.5. The summed E-state index contributed by atoms with van der Waals surface area (Å²) in [7, 11) is 1.70. The Morgan fingerprint density at radius 2 is 1.85 bits per heavy atom. The highest BCUT2D eigenvalue weighted by Crippen LogP contribution is 2.43. The fourth-order valence-corrected chi connectivity index (χ4v) is 3.54. The van der Waals surface area contributed by atoms with E-state index in [0.29, 0.717) is 19.0 Å². The van der Waals surface area contributed by atoms with E-state index in [1.54, 1.807) is 7.05 Å². The number of fused-ring (bicyclic) bond motifs is 1. The standard InChI is InChI=1S/C20H21F2N3O/c1-23-20(24-16-9-10-26-18-8-3-2-5-12(16)18)25-17-11-13(17)19-14(21)6-4-7-15(19)22/h2-8,13,16-17H,9-11H2,1H3,(H2,23,24,25). The Morgan fingerprint density at radius 3 is 2.62 bits per heavy atom. The average molecular weight is 357 g/mol. The van der Waals surface area contributed by atoms with E-state index in [0.717, 1.165) is 17.7 Å². The topological polar surface area (TPSA) is 45.7 Å². The van der Waals surface area contributed by atoms with Gasteiger partial charge in [-0.3, -0.25) is 4.99 Å². The van der Waals surface area contributed by atoms with E-state index in [-0.39, 0.29) is 23.6 Å². The first kappa shape index (κ1) is 16.8. The van der Waals surface area contributed by atoms with Gasteiger partial charge >= 0.3 is 0 Å². The van der Waals surface area contributed by atoms with Crippen molar-refractivity contribution in [2.24, 2.45) is 4.99 Å². The summed E-state index contributed by atoms with van der Waals surface area (Å²) in [6, 6.07) is 12.0. The van der Waals surface area contributed by atoms with E-state index >= 15 is 0 Å². The minimum Gasteiger partial charge on any atom is -0.493 e. The van der Waals surface area contributed by atoms with Crippen LogP contribution in [0.3, 0.4) is 0 Å². The van der Waals surface area contributed by atoms with E-state index in [2.05, 4.69) is 15.6 Å². The summed E-state index contributed by atoms with van der Waals surface area (Å²) < 4.78 is 33.6. The van der Waals surface area contributed by atoms with Gasteiger partial charge in [-0.1, -0.05) is 24.3 Å². The summed E-state index contributed by atoms with van der Waals surface area (Å²) in [5.74, 6) is 0.373. The molecule has 2 aromatic rings. The van der Waals surface area contributed by atoms with Gasteiger partial charge in [-0.15, -0.1) is 0 Å². The highest BCUT2D eigenvalue weighted by molar-refractivity contribution is 5.81. The van der Waals surface area contributed by atoms with Crippen LogP contribution in [0.1, 0.15) is 35.9 Å². The molecule has 0 bridgehead atoms. The second kappa shape index (κ2) is 6.94. The number of hydrogen-bond acceptors (Lipinski definition) is 2. The second-order valence-corrected chi connectivity index (χ2v) is 6.67. The number of nitrogens with one attached hydrogen (secondary N) is 2. The molecule has 136 valence electrons. The number of ether oxygens (including phenoxy) is 1. The minimum absolute atomic E-state index is 0.0253. The van der Waals surface area contributed by atoms with Crippen LogP contribution < -0.4 is 15.4 Å². The first-order valence-corrected chi connectivity index (χ1v) is 8.83. The van der Waals surface area contributed by atoms with Gasteiger partial charge in [0, 0.05) is 36.6 Å². The molecule has 1 aliphatic carbocycles. The third-order valence-corrected chi connectivity index (χ3v) is 4.98. The van der Waals surface area contributed by atoms with Crippen LogP contribution in [0.2, 0.25) is 0 Å². The van der Waals surface area contributed by atoms with Crippen LogP contribution in [0.15, 0.2) is 47.5 Å². The lowest BCUT2D eigenvalue weighted by atomic mass is 10.0. The van der Waals surface area contributed by atoms with E-state index in [1.165, 1.54) is 18.2 Å². The summed E-state index contributed by atoms with van der Waals surface area (Å²) in [5, 5.41) is 6.69. The number of aliphatic imine (C=N–C) groups is 1. The van der Waals surface area contributed by atoms with Gasteiger partial charge in [0.2, 0.25) is 0 Å². The van der Waals surface area contributed by atoms with E-state index in [9.17, 15) is 8.78 Å². The van der Waals surface area contributed by atoms with Crippen molar-refractivity contribution in [2.75, 3.05) is 13.7 Å². The van der Waals surface area contributed by atoms with Crippen molar-refractivity contribution in [3.63, 3.8) is 0 Å². The number of nitrogens with zero attached hydrogens (tertiary/aromatic N) is 1.